The third kappa shape index (κ3) is 5.27. The molecule has 0 aliphatic carbocycles. The Morgan fingerprint density at radius 3 is 2.50 bits per heavy atom. The predicted octanol–water partition coefficient (Wildman–Crippen LogP) is 1.23. The molecule has 6 heteroatoms. The smallest absolute Gasteiger partial charge is 0.407 e. The standard InChI is InChI=1S/C14H19NO5/c1-3-19-13(17)12(16)10(2)15-14(18)20-9-11-7-5-4-6-8-11/h4-8,10,12,16H,3,9H2,1-2H3,(H,15,18). The molecule has 1 aromatic rings. The number of carbonyl (C=O) groups excluding carboxylic acids is 2. The molecule has 0 spiro atoms. The maximum Gasteiger partial charge on any atom is 0.407 e. The number of carbonyl (C=O) groups is 2. The van der Waals surface area contributed by atoms with Crippen LogP contribution >= 0.6 is 0 Å². The van der Waals surface area contributed by atoms with Crippen LogP contribution in [0.25, 0.3) is 0 Å². The van der Waals surface area contributed by atoms with E-state index in [-0.39, 0.29) is 13.2 Å². The highest BCUT2D eigenvalue weighted by molar-refractivity contribution is 5.76. The van der Waals surface area contributed by atoms with Crippen LogP contribution in [0.4, 0.5) is 4.79 Å². The first-order chi connectivity index (χ1) is 9.54. The lowest BCUT2D eigenvalue weighted by atomic mass is 10.2. The van der Waals surface area contributed by atoms with Crippen molar-refractivity contribution in [1.82, 2.24) is 5.32 Å². The minimum atomic E-state index is -1.42. The second-order valence-corrected chi connectivity index (χ2v) is 4.19. The van der Waals surface area contributed by atoms with E-state index in [0.29, 0.717) is 0 Å². The molecule has 20 heavy (non-hydrogen) atoms. The van der Waals surface area contributed by atoms with Crippen LogP contribution in [-0.2, 0) is 20.9 Å². The molecule has 1 aromatic carbocycles. The van der Waals surface area contributed by atoms with Crippen molar-refractivity contribution in [3.05, 3.63) is 35.9 Å². The molecule has 2 N–H and O–H groups in total. The molecule has 0 fully saturated rings. The van der Waals surface area contributed by atoms with Gasteiger partial charge in [0.05, 0.1) is 12.6 Å². The number of benzene rings is 1. The largest absolute Gasteiger partial charge is 0.464 e. The lowest BCUT2D eigenvalue weighted by molar-refractivity contribution is -0.154. The van der Waals surface area contributed by atoms with Crippen molar-refractivity contribution in [2.24, 2.45) is 0 Å². The van der Waals surface area contributed by atoms with Gasteiger partial charge in [0.1, 0.15) is 6.61 Å². The van der Waals surface area contributed by atoms with Crippen molar-refractivity contribution < 1.29 is 24.2 Å². The van der Waals surface area contributed by atoms with Gasteiger partial charge in [0.25, 0.3) is 0 Å². The zero-order chi connectivity index (χ0) is 15.0. The summed E-state index contributed by atoms with van der Waals surface area (Å²) in [6.45, 7) is 3.41. The zero-order valence-corrected chi connectivity index (χ0v) is 11.5. The van der Waals surface area contributed by atoms with Crippen LogP contribution in [0.5, 0.6) is 0 Å². The maximum absolute atomic E-state index is 11.5. The fraction of sp³-hybridized carbons (Fsp3) is 0.429. The maximum atomic E-state index is 11.5. The lowest BCUT2D eigenvalue weighted by Gasteiger charge is -2.18. The summed E-state index contributed by atoms with van der Waals surface area (Å²) >= 11 is 0. The summed E-state index contributed by atoms with van der Waals surface area (Å²) in [5.74, 6) is -0.775. The SMILES string of the molecule is CCOC(=O)C(O)C(C)NC(=O)OCc1ccccc1. The molecular formula is C14H19NO5. The Hall–Kier alpha value is -2.08. The molecule has 0 heterocycles. The van der Waals surface area contributed by atoms with Crippen molar-refractivity contribution in [2.45, 2.75) is 32.6 Å². The van der Waals surface area contributed by atoms with Gasteiger partial charge in [-0.25, -0.2) is 9.59 Å². The number of aliphatic hydroxyl groups is 1. The molecule has 110 valence electrons. The van der Waals surface area contributed by atoms with E-state index < -0.39 is 24.2 Å². The van der Waals surface area contributed by atoms with E-state index in [4.69, 9.17) is 4.74 Å². The summed E-state index contributed by atoms with van der Waals surface area (Å²) in [5.41, 5.74) is 0.848. The summed E-state index contributed by atoms with van der Waals surface area (Å²) < 4.78 is 9.63. The second-order valence-electron chi connectivity index (χ2n) is 4.19. The van der Waals surface area contributed by atoms with Gasteiger partial charge in [0.15, 0.2) is 6.10 Å². The minimum Gasteiger partial charge on any atom is -0.464 e. The van der Waals surface area contributed by atoms with Crippen molar-refractivity contribution >= 4 is 12.1 Å². The number of esters is 1. The van der Waals surface area contributed by atoms with Crippen LogP contribution in [0.15, 0.2) is 30.3 Å². The molecule has 0 saturated carbocycles. The molecule has 0 radical (unpaired) electrons. The van der Waals surface area contributed by atoms with Crippen molar-refractivity contribution in [3.8, 4) is 0 Å². The predicted molar refractivity (Wildman–Crippen MR) is 71.9 cm³/mol. The summed E-state index contributed by atoms with van der Waals surface area (Å²) in [6.07, 6.45) is -2.12. The topological polar surface area (TPSA) is 84.9 Å². The Morgan fingerprint density at radius 2 is 1.90 bits per heavy atom. The monoisotopic (exact) mass is 281 g/mol. The number of hydrogen-bond acceptors (Lipinski definition) is 5. The van der Waals surface area contributed by atoms with Crippen LogP contribution in [0.1, 0.15) is 19.4 Å². The number of aliphatic hydroxyl groups excluding tert-OH is 1. The number of ether oxygens (including phenoxy) is 2. The van der Waals surface area contributed by atoms with Crippen LogP contribution in [-0.4, -0.2) is 35.9 Å². The number of rotatable bonds is 6. The molecule has 2 atom stereocenters. The van der Waals surface area contributed by atoms with Gasteiger partial charge in [0, 0.05) is 0 Å². The van der Waals surface area contributed by atoms with Gasteiger partial charge in [0.2, 0.25) is 0 Å². The van der Waals surface area contributed by atoms with E-state index in [1.165, 1.54) is 6.92 Å². The summed E-state index contributed by atoms with van der Waals surface area (Å²) in [4.78, 5) is 22.8. The number of alkyl carbamates (subject to hydrolysis) is 1. The van der Waals surface area contributed by atoms with Gasteiger partial charge < -0.3 is 19.9 Å². The van der Waals surface area contributed by atoms with Crippen molar-refractivity contribution in [3.63, 3.8) is 0 Å². The van der Waals surface area contributed by atoms with E-state index in [9.17, 15) is 14.7 Å². The fourth-order valence-corrected chi connectivity index (χ4v) is 1.46. The summed E-state index contributed by atoms with van der Waals surface area (Å²) in [7, 11) is 0. The first kappa shape index (κ1) is 16.0. The van der Waals surface area contributed by atoms with E-state index in [2.05, 4.69) is 10.1 Å². The molecule has 0 saturated heterocycles. The lowest BCUT2D eigenvalue weighted by Crippen LogP contribution is -2.45. The minimum absolute atomic E-state index is 0.120. The Bertz CT molecular complexity index is 434. The van der Waals surface area contributed by atoms with Crippen molar-refractivity contribution in [1.29, 1.82) is 0 Å². The third-order valence-electron chi connectivity index (χ3n) is 2.56. The molecule has 1 amide bonds. The van der Waals surface area contributed by atoms with Crippen LogP contribution in [0.3, 0.4) is 0 Å². The molecule has 0 aliphatic heterocycles. The van der Waals surface area contributed by atoms with Gasteiger partial charge >= 0.3 is 12.1 Å². The van der Waals surface area contributed by atoms with Crippen LogP contribution in [0.2, 0.25) is 0 Å². The van der Waals surface area contributed by atoms with Gasteiger partial charge in [-0.1, -0.05) is 30.3 Å². The van der Waals surface area contributed by atoms with Gasteiger partial charge in [-0.3, -0.25) is 0 Å². The molecule has 0 aromatic heterocycles. The quantitative estimate of drug-likeness (QED) is 0.766. The Labute approximate surface area is 117 Å². The van der Waals surface area contributed by atoms with Crippen LogP contribution in [0, 0.1) is 0 Å². The summed E-state index contributed by atoms with van der Waals surface area (Å²) in [6, 6.07) is 8.39. The third-order valence-corrected chi connectivity index (χ3v) is 2.56. The highest BCUT2D eigenvalue weighted by Crippen LogP contribution is 2.02. The van der Waals surface area contributed by atoms with Gasteiger partial charge in [-0.2, -0.15) is 0 Å². The molecule has 1 rings (SSSR count). The zero-order valence-electron chi connectivity index (χ0n) is 11.5. The van der Waals surface area contributed by atoms with Gasteiger partial charge in [-0.15, -0.1) is 0 Å². The number of nitrogens with one attached hydrogen (secondary N) is 1. The van der Waals surface area contributed by atoms with E-state index in [1.807, 2.05) is 30.3 Å². The summed E-state index contributed by atoms with van der Waals surface area (Å²) in [5, 5.41) is 12.0. The molecule has 0 bridgehead atoms. The Balaban J connectivity index is 2.36. The second kappa shape index (κ2) is 8.16. The number of hydrogen-bond donors (Lipinski definition) is 2. The molecule has 0 aliphatic rings. The molecule has 6 nitrogen and oxygen atoms in total. The van der Waals surface area contributed by atoms with Crippen LogP contribution < -0.4 is 5.32 Å². The first-order valence-electron chi connectivity index (χ1n) is 6.36. The fourth-order valence-electron chi connectivity index (χ4n) is 1.46. The van der Waals surface area contributed by atoms with Crippen molar-refractivity contribution in [2.75, 3.05) is 6.61 Å². The van der Waals surface area contributed by atoms with E-state index >= 15 is 0 Å². The van der Waals surface area contributed by atoms with E-state index in [0.717, 1.165) is 5.56 Å². The number of amides is 1. The average molecular weight is 281 g/mol. The normalized spacial score (nSPS) is 13.2. The first-order valence-corrected chi connectivity index (χ1v) is 6.36. The highest BCUT2D eigenvalue weighted by Gasteiger charge is 2.25. The molecule has 2 unspecified atom stereocenters. The Kier molecular flexibility index (Phi) is 6.52. The highest BCUT2D eigenvalue weighted by atomic mass is 16.6. The van der Waals surface area contributed by atoms with Gasteiger partial charge in [-0.05, 0) is 19.4 Å². The molecular weight excluding hydrogens is 262 g/mol. The Morgan fingerprint density at radius 1 is 1.25 bits per heavy atom. The van der Waals surface area contributed by atoms with E-state index in [1.54, 1.807) is 6.92 Å². The average Bonchev–Trinajstić information content (AvgIpc) is 2.45.